The molecule has 1 amide bonds. The molecule has 1 atom stereocenters. The third-order valence-electron chi connectivity index (χ3n) is 3.15. The van der Waals surface area contributed by atoms with Crippen molar-refractivity contribution in [1.82, 2.24) is 10.3 Å². The Morgan fingerprint density at radius 1 is 1.37 bits per heavy atom. The van der Waals surface area contributed by atoms with Gasteiger partial charge >= 0.3 is 0 Å². The number of H-pyrrole nitrogens is 1. The van der Waals surface area contributed by atoms with Crippen molar-refractivity contribution in [2.24, 2.45) is 5.92 Å². The molecule has 106 valence electrons. The topological polar surface area (TPSA) is 62.0 Å². The van der Waals surface area contributed by atoms with Gasteiger partial charge in [0.2, 0.25) is 0 Å². The fraction of sp³-hybridized carbons (Fsp3) is 0.600. The zero-order valence-electron chi connectivity index (χ0n) is 12.5. The Kier molecular flexibility index (Phi) is 5.33. The predicted octanol–water partition coefficient (Wildman–Crippen LogP) is 2.41. The van der Waals surface area contributed by atoms with Crippen molar-refractivity contribution < 1.29 is 4.79 Å². The standard InChI is InChI=1S/C15H24N2O2/c1-6-13-10(4)8-12(15(19)17-13)14(18)16-11(5)7-9(2)3/h8-9,11H,6-7H2,1-5H3,(H,16,18)(H,17,19)/t11-/m1/s1. The molecule has 0 aromatic carbocycles. The summed E-state index contributed by atoms with van der Waals surface area (Å²) in [7, 11) is 0. The highest BCUT2D eigenvalue weighted by Gasteiger charge is 2.15. The molecule has 19 heavy (non-hydrogen) atoms. The van der Waals surface area contributed by atoms with E-state index in [4.69, 9.17) is 0 Å². The lowest BCUT2D eigenvalue weighted by molar-refractivity contribution is 0.0934. The van der Waals surface area contributed by atoms with E-state index in [1.165, 1.54) is 0 Å². The van der Waals surface area contributed by atoms with Crippen molar-refractivity contribution in [3.8, 4) is 0 Å². The summed E-state index contributed by atoms with van der Waals surface area (Å²) >= 11 is 0. The smallest absolute Gasteiger partial charge is 0.261 e. The fourth-order valence-electron chi connectivity index (χ4n) is 2.28. The Balaban J connectivity index is 2.89. The second-order valence-electron chi connectivity index (χ2n) is 5.53. The minimum absolute atomic E-state index is 0.0676. The largest absolute Gasteiger partial charge is 0.349 e. The van der Waals surface area contributed by atoms with Crippen molar-refractivity contribution in [1.29, 1.82) is 0 Å². The van der Waals surface area contributed by atoms with Crippen LogP contribution in [0.25, 0.3) is 0 Å². The monoisotopic (exact) mass is 264 g/mol. The van der Waals surface area contributed by atoms with E-state index in [1.807, 2.05) is 20.8 Å². The van der Waals surface area contributed by atoms with E-state index in [9.17, 15) is 9.59 Å². The van der Waals surface area contributed by atoms with Crippen molar-refractivity contribution in [3.63, 3.8) is 0 Å². The number of aryl methyl sites for hydroxylation is 2. The van der Waals surface area contributed by atoms with Gasteiger partial charge in [-0.3, -0.25) is 9.59 Å². The van der Waals surface area contributed by atoms with Crippen LogP contribution in [-0.4, -0.2) is 16.9 Å². The van der Waals surface area contributed by atoms with Gasteiger partial charge in [0.25, 0.3) is 11.5 Å². The van der Waals surface area contributed by atoms with Crippen molar-refractivity contribution >= 4 is 5.91 Å². The number of carbonyl (C=O) groups excluding carboxylic acids is 1. The normalized spacial score (nSPS) is 12.5. The summed E-state index contributed by atoms with van der Waals surface area (Å²) < 4.78 is 0. The van der Waals surface area contributed by atoms with E-state index in [1.54, 1.807) is 6.07 Å². The van der Waals surface area contributed by atoms with Gasteiger partial charge in [-0.15, -0.1) is 0 Å². The van der Waals surface area contributed by atoms with Crippen LogP contribution in [0.5, 0.6) is 0 Å². The maximum absolute atomic E-state index is 12.1. The molecule has 0 spiro atoms. The molecule has 4 nitrogen and oxygen atoms in total. The highest BCUT2D eigenvalue weighted by atomic mass is 16.2. The Hall–Kier alpha value is -1.58. The van der Waals surface area contributed by atoms with Crippen LogP contribution in [0.4, 0.5) is 0 Å². The van der Waals surface area contributed by atoms with Crippen LogP contribution in [0, 0.1) is 12.8 Å². The summed E-state index contributed by atoms with van der Waals surface area (Å²) in [6, 6.07) is 1.74. The molecule has 0 aliphatic rings. The van der Waals surface area contributed by atoms with Gasteiger partial charge in [0, 0.05) is 11.7 Å². The molecule has 1 aromatic rings. The number of aromatic nitrogens is 1. The molecule has 0 aliphatic carbocycles. The Bertz CT molecular complexity index is 503. The average Bonchev–Trinajstić information content (AvgIpc) is 2.30. The van der Waals surface area contributed by atoms with Crippen LogP contribution < -0.4 is 10.9 Å². The van der Waals surface area contributed by atoms with E-state index >= 15 is 0 Å². The molecule has 2 N–H and O–H groups in total. The van der Waals surface area contributed by atoms with Crippen molar-refractivity contribution in [2.75, 3.05) is 0 Å². The van der Waals surface area contributed by atoms with Crippen molar-refractivity contribution in [3.05, 3.63) is 33.2 Å². The molecule has 0 unspecified atom stereocenters. The van der Waals surface area contributed by atoms with E-state index in [2.05, 4.69) is 24.1 Å². The highest BCUT2D eigenvalue weighted by Crippen LogP contribution is 2.07. The molecule has 0 fully saturated rings. The number of aromatic amines is 1. The first kappa shape index (κ1) is 15.5. The molecule has 0 saturated heterocycles. The zero-order valence-corrected chi connectivity index (χ0v) is 12.5. The van der Waals surface area contributed by atoms with Crippen LogP contribution in [0.1, 0.15) is 55.7 Å². The zero-order chi connectivity index (χ0) is 14.6. The van der Waals surface area contributed by atoms with Crippen LogP contribution in [0.15, 0.2) is 10.9 Å². The number of hydrogen-bond acceptors (Lipinski definition) is 2. The summed E-state index contributed by atoms with van der Waals surface area (Å²) in [5, 5.41) is 2.87. The Morgan fingerprint density at radius 2 is 2.00 bits per heavy atom. The lowest BCUT2D eigenvalue weighted by Gasteiger charge is -2.16. The van der Waals surface area contributed by atoms with Gasteiger partial charge in [0.05, 0.1) is 0 Å². The first-order valence-electron chi connectivity index (χ1n) is 6.88. The lowest BCUT2D eigenvalue weighted by Crippen LogP contribution is -2.36. The second-order valence-corrected chi connectivity index (χ2v) is 5.53. The number of hydrogen-bond donors (Lipinski definition) is 2. The van der Waals surface area contributed by atoms with Gasteiger partial charge in [-0.2, -0.15) is 0 Å². The van der Waals surface area contributed by atoms with Gasteiger partial charge in [-0.1, -0.05) is 20.8 Å². The Morgan fingerprint density at radius 3 is 2.53 bits per heavy atom. The third kappa shape index (κ3) is 4.23. The minimum atomic E-state index is -0.309. The third-order valence-corrected chi connectivity index (χ3v) is 3.15. The summed E-state index contributed by atoms with van der Waals surface area (Å²) in [5.41, 5.74) is 1.72. The minimum Gasteiger partial charge on any atom is -0.349 e. The number of nitrogens with one attached hydrogen (secondary N) is 2. The first-order chi connectivity index (χ1) is 8.85. The fourth-order valence-corrected chi connectivity index (χ4v) is 2.28. The highest BCUT2D eigenvalue weighted by molar-refractivity contribution is 5.94. The van der Waals surface area contributed by atoms with Crippen LogP contribution in [-0.2, 0) is 6.42 Å². The van der Waals surface area contributed by atoms with Gasteiger partial charge in [0.15, 0.2) is 0 Å². The first-order valence-corrected chi connectivity index (χ1v) is 6.88. The molecule has 0 saturated carbocycles. The molecule has 0 aliphatic heterocycles. The second kappa shape index (κ2) is 6.55. The van der Waals surface area contributed by atoms with Gasteiger partial charge in [-0.05, 0) is 44.2 Å². The number of carbonyl (C=O) groups is 1. The molecular formula is C15H24N2O2. The van der Waals surface area contributed by atoms with Crippen LogP contribution in [0.2, 0.25) is 0 Å². The lowest BCUT2D eigenvalue weighted by atomic mass is 10.0. The molecule has 1 heterocycles. The molecule has 1 rings (SSSR count). The van der Waals surface area contributed by atoms with Crippen molar-refractivity contribution in [2.45, 2.75) is 53.5 Å². The van der Waals surface area contributed by atoms with Crippen LogP contribution >= 0.6 is 0 Å². The Labute approximate surface area is 114 Å². The van der Waals surface area contributed by atoms with E-state index < -0.39 is 0 Å². The molecule has 0 radical (unpaired) electrons. The summed E-state index contributed by atoms with van der Waals surface area (Å²) in [4.78, 5) is 26.7. The molecule has 1 aromatic heterocycles. The average molecular weight is 264 g/mol. The molecule has 0 bridgehead atoms. The maximum atomic E-state index is 12.1. The van der Waals surface area contributed by atoms with E-state index in [0.29, 0.717) is 5.92 Å². The van der Waals surface area contributed by atoms with Gasteiger partial charge in [-0.25, -0.2) is 0 Å². The predicted molar refractivity (Wildman–Crippen MR) is 77.6 cm³/mol. The quantitative estimate of drug-likeness (QED) is 0.858. The SMILES string of the molecule is CCc1[nH]c(=O)c(C(=O)N[C@H](C)CC(C)C)cc1C. The van der Waals surface area contributed by atoms with Gasteiger partial charge in [0.1, 0.15) is 5.56 Å². The number of rotatable bonds is 5. The van der Waals surface area contributed by atoms with E-state index in [0.717, 1.165) is 24.1 Å². The van der Waals surface area contributed by atoms with Gasteiger partial charge < -0.3 is 10.3 Å². The summed E-state index contributed by atoms with van der Waals surface area (Å²) in [6.07, 6.45) is 1.66. The van der Waals surface area contributed by atoms with Crippen LogP contribution in [0.3, 0.4) is 0 Å². The molecule has 4 heteroatoms. The maximum Gasteiger partial charge on any atom is 0.261 e. The number of amides is 1. The van der Waals surface area contributed by atoms with E-state index in [-0.39, 0.29) is 23.1 Å². The summed E-state index contributed by atoms with van der Waals surface area (Å²) in [5.74, 6) is 0.220. The number of pyridine rings is 1. The molecular weight excluding hydrogens is 240 g/mol. The summed E-state index contributed by atoms with van der Waals surface area (Å²) in [6.45, 7) is 10.1.